The first kappa shape index (κ1) is 21.9. The number of benzene rings is 1. The molecule has 170 valence electrons. The summed E-state index contributed by atoms with van der Waals surface area (Å²) in [5.41, 5.74) is 2.70. The van der Waals surface area contributed by atoms with Crippen LogP contribution in [0.25, 0.3) is 0 Å². The minimum Gasteiger partial charge on any atom is -0.463 e. The number of fused-ring (bicyclic) bond motifs is 5. The van der Waals surface area contributed by atoms with E-state index in [9.17, 15) is 14.4 Å². The lowest BCUT2D eigenvalue weighted by atomic mass is 9.83. The number of halogens is 1. The Morgan fingerprint density at radius 3 is 2.67 bits per heavy atom. The molecule has 1 N–H and O–H groups in total. The average molecular weight is 484 g/mol. The van der Waals surface area contributed by atoms with E-state index in [1.807, 2.05) is 0 Å². The van der Waals surface area contributed by atoms with E-state index >= 15 is 0 Å². The second-order valence-electron chi connectivity index (χ2n) is 8.17. The molecule has 0 radical (unpaired) electrons. The molecule has 1 aliphatic carbocycles. The van der Waals surface area contributed by atoms with Gasteiger partial charge >= 0.3 is 5.97 Å². The van der Waals surface area contributed by atoms with Crippen molar-refractivity contribution in [3.63, 3.8) is 0 Å². The van der Waals surface area contributed by atoms with Gasteiger partial charge in [-0.15, -0.1) is 11.3 Å². The lowest BCUT2D eigenvalue weighted by Gasteiger charge is -2.36. The molecule has 1 aromatic heterocycles. The van der Waals surface area contributed by atoms with Gasteiger partial charge in [-0.1, -0.05) is 23.7 Å². The minimum atomic E-state index is -0.790. The first-order valence-corrected chi connectivity index (χ1v) is 12.1. The van der Waals surface area contributed by atoms with Gasteiger partial charge in [-0.3, -0.25) is 9.59 Å². The molecule has 3 heterocycles. The van der Waals surface area contributed by atoms with Gasteiger partial charge in [0, 0.05) is 16.8 Å². The molecule has 0 saturated carbocycles. The Bertz CT molecular complexity index is 1250. The molecule has 0 saturated heterocycles. The second-order valence-corrected chi connectivity index (χ2v) is 9.69. The van der Waals surface area contributed by atoms with E-state index in [1.165, 1.54) is 23.1 Å². The molecular weight excluding hydrogens is 462 g/mol. The number of hydrogen-bond donors (Lipinski definition) is 1. The van der Waals surface area contributed by atoms with Crippen LogP contribution in [0.15, 0.2) is 40.8 Å². The third-order valence-electron chi connectivity index (χ3n) is 6.10. The SMILES string of the molecule is CCOC(=O)C1=C2NC(=O)c3c(sc4c3CCCC4)N2N=C(C(C)=O)C1c1ccc(Cl)cc1. The Hall–Kier alpha value is -2.97. The predicted molar refractivity (Wildman–Crippen MR) is 127 cm³/mol. The molecule has 0 spiro atoms. The third-order valence-corrected chi connectivity index (χ3v) is 7.62. The lowest BCUT2D eigenvalue weighted by molar-refractivity contribution is -0.138. The molecule has 2 aliphatic heterocycles. The molecule has 1 atom stereocenters. The van der Waals surface area contributed by atoms with Crippen LogP contribution in [-0.4, -0.2) is 30.0 Å². The highest BCUT2D eigenvalue weighted by Gasteiger charge is 2.44. The predicted octanol–water partition coefficient (Wildman–Crippen LogP) is 4.35. The van der Waals surface area contributed by atoms with Gasteiger partial charge in [-0.05, 0) is 55.9 Å². The summed E-state index contributed by atoms with van der Waals surface area (Å²) in [4.78, 5) is 40.4. The van der Waals surface area contributed by atoms with Gasteiger partial charge < -0.3 is 10.1 Å². The van der Waals surface area contributed by atoms with Crippen molar-refractivity contribution in [1.29, 1.82) is 0 Å². The number of carbonyl (C=O) groups is 3. The number of rotatable bonds is 4. The molecule has 0 bridgehead atoms. The molecule has 3 aliphatic rings. The quantitative estimate of drug-likeness (QED) is 0.653. The molecule has 1 amide bonds. The summed E-state index contributed by atoms with van der Waals surface area (Å²) in [5.74, 6) is -1.67. The highest BCUT2D eigenvalue weighted by molar-refractivity contribution is 7.16. The van der Waals surface area contributed by atoms with Crippen molar-refractivity contribution in [2.45, 2.75) is 45.4 Å². The normalized spacial score (nSPS) is 19.2. The number of nitrogens with one attached hydrogen (secondary N) is 1. The van der Waals surface area contributed by atoms with Crippen molar-refractivity contribution in [2.75, 3.05) is 11.6 Å². The van der Waals surface area contributed by atoms with E-state index in [0.29, 0.717) is 21.2 Å². The zero-order valence-corrected chi connectivity index (χ0v) is 19.8. The molecule has 2 aromatic rings. The van der Waals surface area contributed by atoms with Gasteiger partial charge in [0.15, 0.2) is 5.78 Å². The van der Waals surface area contributed by atoms with E-state index in [2.05, 4.69) is 5.32 Å². The fourth-order valence-corrected chi connectivity index (χ4v) is 6.12. The summed E-state index contributed by atoms with van der Waals surface area (Å²) in [7, 11) is 0. The van der Waals surface area contributed by atoms with Crippen molar-refractivity contribution >= 4 is 51.3 Å². The van der Waals surface area contributed by atoms with E-state index in [0.717, 1.165) is 31.2 Å². The molecule has 33 heavy (non-hydrogen) atoms. The number of ketones is 1. The Morgan fingerprint density at radius 1 is 1.24 bits per heavy atom. The summed E-state index contributed by atoms with van der Waals surface area (Å²) in [6.07, 6.45) is 3.85. The number of nitrogens with zero attached hydrogens (tertiary/aromatic N) is 2. The molecule has 5 rings (SSSR count). The maximum atomic E-state index is 13.3. The Balaban J connectivity index is 1.75. The number of esters is 1. The van der Waals surface area contributed by atoms with Crippen LogP contribution in [0.4, 0.5) is 5.00 Å². The largest absolute Gasteiger partial charge is 0.463 e. The second kappa shape index (κ2) is 8.43. The van der Waals surface area contributed by atoms with Crippen LogP contribution in [0, 0.1) is 0 Å². The van der Waals surface area contributed by atoms with E-state index in [4.69, 9.17) is 21.4 Å². The van der Waals surface area contributed by atoms with Crippen molar-refractivity contribution in [3.05, 3.63) is 62.2 Å². The van der Waals surface area contributed by atoms with Crippen LogP contribution < -0.4 is 10.3 Å². The number of Topliss-reactive ketones (excluding diaryl/α,β-unsaturated/α-hetero) is 1. The van der Waals surface area contributed by atoms with Gasteiger partial charge in [-0.2, -0.15) is 5.10 Å². The maximum absolute atomic E-state index is 13.3. The smallest absolute Gasteiger partial charge is 0.338 e. The highest BCUT2D eigenvalue weighted by atomic mass is 35.5. The summed E-state index contributed by atoms with van der Waals surface area (Å²) in [6.45, 7) is 3.30. The number of amides is 1. The van der Waals surface area contributed by atoms with Crippen LogP contribution in [0.3, 0.4) is 0 Å². The van der Waals surface area contributed by atoms with E-state index < -0.39 is 11.9 Å². The van der Waals surface area contributed by atoms with Gasteiger partial charge in [-0.25, -0.2) is 9.80 Å². The first-order valence-electron chi connectivity index (χ1n) is 10.9. The number of ether oxygens (including phenoxy) is 1. The molecular formula is C24H22ClN3O4S. The zero-order chi connectivity index (χ0) is 23.3. The highest BCUT2D eigenvalue weighted by Crippen LogP contribution is 2.46. The van der Waals surface area contributed by atoms with Crippen molar-refractivity contribution in [1.82, 2.24) is 5.32 Å². The van der Waals surface area contributed by atoms with Gasteiger partial charge in [0.05, 0.1) is 23.7 Å². The number of hydrazone groups is 1. The monoisotopic (exact) mass is 483 g/mol. The zero-order valence-electron chi connectivity index (χ0n) is 18.2. The van der Waals surface area contributed by atoms with Crippen LogP contribution in [0.1, 0.15) is 59.0 Å². The number of carbonyl (C=O) groups excluding carboxylic acids is 3. The fraction of sp³-hybridized carbons (Fsp3) is 0.333. The van der Waals surface area contributed by atoms with E-state index in [-0.39, 0.29) is 35.4 Å². The molecule has 9 heteroatoms. The van der Waals surface area contributed by atoms with Gasteiger partial charge in [0.2, 0.25) is 0 Å². The van der Waals surface area contributed by atoms with Crippen LogP contribution >= 0.6 is 22.9 Å². The number of aryl methyl sites for hydroxylation is 1. The van der Waals surface area contributed by atoms with Crippen LogP contribution in [0.5, 0.6) is 0 Å². The number of hydrogen-bond acceptors (Lipinski definition) is 7. The Labute approximate surface area is 200 Å². The number of anilines is 1. The minimum absolute atomic E-state index is 0.155. The average Bonchev–Trinajstić information content (AvgIpc) is 3.19. The molecule has 7 nitrogen and oxygen atoms in total. The molecule has 0 fully saturated rings. The van der Waals surface area contributed by atoms with Crippen LogP contribution in [0.2, 0.25) is 5.02 Å². The molecule has 1 aromatic carbocycles. The summed E-state index contributed by atoms with van der Waals surface area (Å²) >= 11 is 7.58. The van der Waals surface area contributed by atoms with Crippen molar-refractivity contribution < 1.29 is 19.1 Å². The third kappa shape index (κ3) is 3.57. The first-order chi connectivity index (χ1) is 15.9. The number of thiophene rings is 1. The standard InChI is InChI=1S/C24H22ClN3O4S/c1-3-32-24(31)19-17(13-8-10-14(25)11-9-13)20(12(2)29)27-28-21(19)26-22(30)18-15-6-4-5-7-16(15)33-23(18)28/h8-11,17H,3-7H2,1-2H3,(H,26,30). The Kier molecular flexibility index (Phi) is 5.58. The van der Waals surface area contributed by atoms with E-state index in [1.54, 1.807) is 36.2 Å². The van der Waals surface area contributed by atoms with Gasteiger partial charge in [0.1, 0.15) is 16.5 Å². The van der Waals surface area contributed by atoms with Crippen molar-refractivity contribution in [3.8, 4) is 0 Å². The van der Waals surface area contributed by atoms with Gasteiger partial charge in [0.25, 0.3) is 5.91 Å². The Morgan fingerprint density at radius 2 is 1.97 bits per heavy atom. The summed E-state index contributed by atoms with van der Waals surface area (Å²) < 4.78 is 5.37. The molecule has 1 unspecified atom stereocenters. The maximum Gasteiger partial charge on any atom is 0.338 e. The topological polar surface area (TPSA) is 88.1 Å². The van der Waals surface area contributed by atoms with Crippen LogP contribution in [-0.2, 0) is 27.2 Å². The fourth-order valence-electron chi connectivity index (χ4n) is 4.65. The van der Waals surface area contributed by atoms with Crippen molar-refractivity contribution in [2.24, 2.45) is 5.10 Å². The lowest BCUT2D eigenvalue weighted by Crippen LogP contribution is -2.46. The summed E-state index contributed by atoms with van der Waals surface area (Å²) in [5, 5.41) is 10.3. The summed E-state index contributed by atoms with van der Waals surface area (Å²) in [6, 6.07) is 6.89.